The van der Waals surface area contributed by atoms with E-state index < -0.39 is 0 Å². The van der Waals surface area contributed by atoms with Crippen molar-refractivity contribution in [2.24, 2.45) is 5.73 Å². The first-order valence-corrected chi connectivity index (χ1v) is 5.96. The molecule has 18 heavy (non-hydrogen) atoms. The Kier molecular flexibility index (Phi) is 3.84. The highest BCUT2D eigenvalue weighted by atomic mass is 35.5. The van der Waals surface area contributed by atoms with Crippen LogP contribution in [0.2, 0.25) is 5.02 Å². The lowest BCUT2D eigenvalue weighted by Gasteiger charge is -2.09. The van der Waals surface area contributed by atoms with Crippen LogP contribution in [0.5, 0.6) is 5.75 Å². The van der Waals surface area contributed by atoms with Gasteiger partial charge in [0, 0.05) is 5.56 Å². The molecule has 5 nitrogen and oxygen atoms in total. The minimum atomic E-state index is 0.221. The fourth-order valence-electron chi connectivity index (χ4n) is 1.70. The van der Waals surface area contributed by atoms with Gasteiger partial charge in [0.1, 0.15) is 5.75 Å². The Labute approximate surface area is 110 Å². The molecule has 0 aliphatic rings. The summed E-state index contributed by atoms with van der Waals surface area (Å²) in [6, 6.07) is 3.67. The third-order valence-electron chi connectivity index (χ3n) is 2.64. The first kappa shape index (κ1) is 12.9. The van der Waals surface area contributed by atoms with Gasteiger partial charge in [-0.3, -0.25) is 0 Å². The molecule has 0 saturated heterocycles. The smallest absolute Gasteiger partial charge is 0.240 e. The topological polar surface area (TPSA) is 74.2 Å². The summed E-state index contributed by atoms with van der Waals surface area (Å²) >= 11 is 6.11. The minimum absolute atomic E-state index is 0.221. The Bertz CT molecular complexity index is 554. The number of benzene rings is 1. The molecule has 2 N–H and O–H groups in total. The van der Waals surface area contributed by atoms with Gasteiger partial charge in [-0.15, -0.1) is 0 Å². The molecular weight excluding hydrogens is 254 g/mol. The summed E-state index contributed by atoms with van der Waals surface area (Å²) in [4.78, 5) is 4.20. The van der Waals surface area contributed by atoms with E-state index in [9.17, 15) is 0 Å². The molecular formula is C12H14ClN3O2. The van der Waals surface area contributed by atoms with Crippen molar-refractivity contribution in [2.75, 3.05) is 7.11 Å². The maximum Gasteiger partial charge on any atom is 0.240 e. The molecule has 0 spiro atoms. The van der Waals surface area contributed by atoms with Gasteiger partial charge in [-0.1, -0.05) is 23.7 Å². The number of nitrogens with two attached hydrogens (primary N) is 1. The zero-order chi connectivity index (χ0) is 13.1. The fourth-order valence-corrected chi connectivity index (χ4v) is 1.94. The van der Waals surface area contributed by atoms with Crippen molar-refractivity contribution < 1.29 is 9.26 Å². The summed E-state index contributed by atoms with van der Waals surface area (Å²) < 4.78 is 10.2. The Balaban J connectivity index is 2.52. The van der Waals surface area contributed by atoms with Crippen LogP contribution < -0.4 is 10.5 Å². The van der Waals surface area contributed by atoms with E-state index in [1.807, 2.05) is 13.0 Å². The van der Waals surface area contributed by atoms with Gasteiger partial charge in [0.05, 0.1) is 18.7 Å². The highest BCUT2D eigenvalue weighted by Gasteiger charge is 2.14. The molecule has 2 rings (SSSR count). The number of halogens is 1. The quantitative estimate of drug-likeness (QED) is 0.921. The third-order valence-corrected chi connectivity index (χ3v) is 2.94. The molecule has 0 bridgehead atoms. The fraction of sp³-hybridized carbons (Fsp3) is 0.333. The van der Waals surface area contributed by atoms with E-state index in [1.165, 1.54) is 0 Å². The molecule has 0 unspecified atom stereocenters. The lowest BCUT2D eigenvalue weighted by Crippen LogP contribution is -1.96. The largest absolute Gasteiger partial charge is 0.495 e. The molecule has 0 saturated carbocycles. The van der Waals surface area contributed by atoms with E-state index >= 15 is 0 Å². The van der Waals surface area contributed by atoms with E-state index in [1.54, 1.807) is 13.2 Å². The maximum absolute atomic E-state index is 6.11. The van der Waals surface area contributed by atoms with Gasteiger partial charge < -0.3 is 15.0 Å². The summed E-state index contributed by atoms with van der Waals surface area (Å²) in [6.07, 6.45) is 0.815. The molecule has 2 aromatic rings. The predicted octanol–water partition coefficient (Wildman–Crippen LogP) is 2.42. The second-order valence-electron chi connectivity index (χ2n) is 3.71. The van der Waals surface area contributed by atoms with Gasteiger partial charge in [0.2, 0.25) is 11.7 Å². The summed E-state index contributed by atoms with van der Waals surface area (Å²) in [5, 5.41) is 4.41. The van der Waals surface area contributed by atoms with Crippen LogP contribution in [0.3, 0.4) is 0 Å². The molecule has 1 aromatic heterocycles. The van der Waals surface area contributed by atoms with Gasteiger partial charge in [-0.05, 0) is 24.1 Å². The highest BCUT2D eigenvalue weighted by Crippen LogP contribution is 2.32. The van der Waals surface area contributed by atoms with Crippen LogP contribution in [-0.2, 0) is 13.0 Å². The first-order valence-electron chi connectivity index (χ1n) is 5.59. The number of hydrogen-bond acceptors (Lipinski definition) is 5. The van der Waals surface area contributed by atoms with Crippen LogP contribution in [0.25, 0.3) is 11.4 Å². The molecule has 1 aromatic carbocycles. The SMILES string of the molecule is CCc1cc(OC)c(Cl)cc1-c1noc(CN)n1. The van der Waals surface area contributed by atoms with Gasteiger partial charge in [0.15, 0.2) is 0 Å². The van der Waals surface area contributed by atoms with E-state index in [2.05, 4.69) is 10.1 Å². The van der Waals surface area contributed by atoms with E-state index in [0.717, 1.165) is 17.5 Å². The van der Waals surface area contributed by atoms with Crippen molar-refractivity contribution in [3.8, 4) is 17.1 Å². The molecule has 6 heteroatoms. The number of aryl methyl sites for hydroxylation is 1. The van der Waals surface area contributed by atoms with E-state index in [-0.39, 0.29) is 6.54 Å². The van der Waals surface area contributed by atoms with Crippen LogP contribution in [0.4, 0.5) is 0 Å². The molecule has 0 amide bonds. The molecule has 96 valence electrons. The second-order valence-corrected chi connectivity index (χ2v) is 4.12. The lowest BCUT2D eigenvalue weighted by atomic mass is 10.0. The molecule has 0 fully saturated rings. The number of methoxy groups -OCH3 is 1. The van der Waals surface area contributed by atoms with Crippen molar-refractivity contribution in [3.05, 3.63) is 28.6 Å². The minimum Gasteiger partial charge on any atom is -0.495 e. The third kappa shape index (κ3) is 2.32. The zero-order valence-electron chi connectivity index (χ0n) is 10.2. The summed E-state index contributed by atoms with van der Waals surface area (Å²) in [6.45, 7) is 2.26. The second kappa shape index (κ2) is 5.37. The Morgan fingerprint density at radius 3 is 2.78 bits per heavy atom. The van der Waals surface area contributed by atoms with Crippen molar-refractivity contribution in [2.45, 2.75) is 19.9 Å². The highest BCUT2D eigenvalue weighted by molar-refractivity contribution is 6.32. The normalized spacial score (nSPS) is 10.7. The van der Waals surface area contributed by atoms with Gasteiger partial charge in [-0.25, -0.2) is 0 Å². The standard InChI is InChI=1S/C12H14ClN3O2/c1-3-7-4-10(17-2)9(13)5-8(7)12-15-11(6-14)18-16-12/h4-5H,3,6,14H2,1-2H3. The number of rotatable bonds is 4. The number of aromatic nitrogens is 2. The molecule has 0 atom stereocenters. The van der Waals surface area contributed by atoms with Crippen molar-refractivity contribution in [3.63, 3.8) is 0 Å². The average molecular weight is 268 g/mol. The van der Waals surface area contributed by atoms with E-state index in [0.29, 0.717) is 22.5 Å². The molecule has 0 radical (unpaired) electrons. The van der Waals surface area contributed by atoms with Crippen LogP contribution in [0.15, 0.2) is 16.7 Å². The summed E-state index contributed by atoms with van der Waals surface area (Å²) in [7, 11) is 1.58. The Hall–Kier alpha value is -1.59. The van der Waals surface area contributed by atoms with Crippen molar-refractivity contribution in [1.29, 1.82) is 0 Å². The van der Waals surface area contributed by atoms with Crippen LogP contribution in [-0.4, -0.2) is 17.3 Å². The van der Waals surface area contributed by atoms with Crippen LogP contribution in [0.1, 0.15) is 18.4 Å². The predicted molar refractivity (Wildman–Crippen MR) is 68.6 cm³/mol. The number of nitrogens with zero attached hydrogens (tertiary/aromatic N) is 2. The van der Waals surface area contributed by atoms with Crippen molar-refractivity contribution in [1.82, 2.24) is 10.1 Å². The monoisotopic (exact) mass is 267 g/mol. The van der Waals surface area contributed by atoms with Gasteiger partial charge in [-0.2, -0.15) is 4.98 Å². The van der Waals surface area contributed by atoms with Gasteiger partial charge in [0.25, 0.3) is 0 Å². The summed E-state index contributed by atoms with van der Waals surface area (Å²) in [5.41, 5.74) is 7.33. The summed E-state index contributed by atoms with van der Waals surface area (Å²) in [5.74, 6) is 1.54. The first-order chi connectivity index (χ1) is 8.69. The number of hydrogen-bond donors (Lipinski definition) is 1. The zero-order valence-corrected chi connectivity index (χ0v) is 11.0. The van der Waals surface area contributed by atoms with E-state index in [4.69, 9.17) is 26.6 Å². The van der Waals surface area contributed by atoms with Crippen LogP contribution in [0, 0.1) is 0 Å². The maximum atomic E-state index is 6.11. The van der Waals surface area contributed by atoms with Crippen LogP contribution >= 0.6 is 11.6 Å². The molecule has 0 aliphatic carbocycles. The lowest BCUT2D eigenvalue weighted by molar-refractivity contribution is 0.380. The number of ether oxygens (including phenoxy) is 1. The average Bonchev–Trinajstić information content (AvgIpc) is 2.87. The molecule has 0 aliphatic heterocycles. The van der Waals surface area contributed by atoms with Gasteiger partial charge >= 0.3 is 0 Å². The molecule has 1 heterocycles. The Morgan fingerprint density at radius 1 is 1.44 bits per heavy atom. The Morgan fingerprint density at radius 2 is 2.22 bits per heavy atom. The van der Waals surface area contributed by atoms with Crippen molar-refractivity contribution >= 4 is 11.6 Å².